The molecule has 18 heavy (non-hydrogen) atoms. The van der Waals surface area contributed by atoms with Crippen molar-refractivity contribution >= 4 is 21.6 Å². The lowest BCUT2D eigenvalue weighted by Gasteiger charge is -2.09. The van der Waals surface area contributed by atoms with Crippen molar-refractivity contribution in [2.24, 2.45) is 0 Å². The van der Waals surface area contributed by atoms with Crippen molar-refractivity contribution in [3.63, 3.8) is 0 Å². The van der Waals surface area contributed by atoms with E-state index in [2.05, 4.69) is 28.1 Å². The summed E-state index contributed by atoms with van der Waals surface area (Å²) in [5, 5.41) is 0. The van der Waals surface area contributed by atoms with Crippen molar-refractivity contribution in [3.8, 4) is 0 Å². The van der Waals surface area contributed by atoms with Gasteiger partial charge in [-0.2, -0.15) is 0 Å². The third-order valence-corrected chi connectivity index (χ3v) is 3.52. The molecule has 94 valence electrons. The zero-order valence-electron chi connectivity index (χ0n) is 10.1. The molecule has 2 nitrogen and oxygen atoms in total. The largest absolute Gasteiger partial charge is 0.398 e. The Kier molecular flexibility index (Phi) is 4.79. The van der Waals surface area contributed by atoms with Gasteiger partial charge in [0, 0.05) is 15.7 Å². The minimum atomic E-state index is 0.542. The van der Waals surface area contributed by atoms with Gasteiger partial charge in [0.1, 0.15) is 0 Å². The average molecular weight is 306 g/mol. The van der Waals surface area contributed by atoms with Crippen LogP contribution in [0.5, 0.6) is 0 Å². The Morgan fingerprint density at radius 3 is 2.50 bits per heavy atom. The maximum absolute atomic E-state index is 5.90. The lowest BCUT2D eigenvalue weighted by atomic mass is 10.2. The highest BCUT2D eigenvalue weighted by Gasteiger charge is 2.03. The molecule has 0 radical (unpaired) electrons. The summed E-state index contributed by atoms with van der Waals surface area (Å²) in [6.45, 7) is 1.24. The Morgan fingerprint density at radius 1 is 1.00 bits per heavy atom. The van der Waals surface area contributed by atoms with E-state index in [0.717, 1.165) is 22.1 Å². The Morgan fingerprint density at radius 2 is 1.78 bits per heavy atom. The van der Waals surface area contributed by atoms with Crippen LogP contribution >= 0.6 is 15.9 Å². The van der Waals surface area contributed by atoms with Gasteiger partial charge in [-0.15, -0.1) is 0 Å². The maximum Gasteiger partial charge on any atom is 0.0748 e. The second kappa shape index (κ2) is 6.57. The van der Waals surface area contributed by atoms with Crippen LogP contribution in [-0.2, 0) is 17.8 Å². The van der Waals surface area contributed by atoms with Crippen LogP contribution in [0.15, 0.2) is 53.0 Å². The summed E-state index contributed by atoms with van der Waals surface area (Å²) in [4.78, 5) is 0. The first kappa shape index (κ1) is 13.1. The first-order valence-electron chi connectivity index (χ1n) is 5.92. The summed E-state index contributed by atoms with van der Waals surface area (Å²) in [5.74, 6) is 0. The first-order valence-corrected chi connectivity index (χ1v) is 6.71. The minimum absolute atomic E-state index is 0.542. The normalized spacial score (nSPS) is 10.5. The highest BCUT2D eigenvalue weighted by atomic mass is 79.9. The van der Waals surface area contributed by atoms with E-state index in [-0.39, 0.29) is 0 Å². The van der Waals surface area contributed by atoms with Crippen molar-refractivity contribution in [1.29, 1.82) is 0 Å². The fourth-order valence-corrected chi connectivity index (χ4v) is 2.23. The van der Waals surface area contributed by atoms with Crippen LogP contribution in [-0.4, -0.2) is 6.61 Å². The number of halogens is 1. The summed E-state index contributed by atoms with van der Waals surface area (Å²) < 4.78 is 6.68. The highest BCUT2D eigenvalue weighted by molar-refractivity contribution is 9.10. The number of anilines is 1. The third-order valence-electron chi connectivity index (χ3n) is 2.78. The molecular weight excluding hydrogens is 290 g/mol. The van der Waals surface area contributed by atoms with Crippen LogP contribution in [0.3, 0.4) is 0 Å². The van der Waals surface area contributed by atoms with Gasteiger partial charge in [-0.05, 0) is 24.1 Å². The van der Waals surface area contributed by atoms with Crippen molar-refractivity contribution in [2.75, 3.05) is 12.3 Å². The first-order chi connectivity index (χ1) is 8.77. The molecule has 2 aromatic rings. The predicted octanol–water partition coefficient (Wildman–Crippen LogP) is 3.79. The molecule has 2 rings (SSSR count). The number of nitrogen functional groups attached to an aromatic ring is 1. The van der Waals surface area contributed by atoms with Gasteiger partial charge in [-0.25, -0.2) is 0 Å². The summed E-state index contributed by atoms with van der Waals surface area (Å²) in [6.07, 6.45) is 0.922. The fourth-order valence-electron chi connectivity index (χ4n) is 1.74. The molecule has 0 aromatic heterocycles. The van der Waals surface area contributed by atoms with E-state index >= 15 is 0 Å². The number of benzene rings is 2. The molecular formula is C15H16BrNO. The third kappa shape index (κ3) is 3.59. The molecule has 0 unspecified atom stereocenters. The molecule has 2 N–H and O–H groups in total. The molecule has 0 heterocycles. The smallest absolute Gasteiger partial charge is 0.0748 e. The van der Waals surface area contributed by atoms with Crippen LogP contribution in [0.4, 0.5) is 5.69 Å². The molecule has 0 aliphatic carbocycles. The lowest BCUT2D eigenvalue weighted by Crippen LogP contribution is -2.02. The molecule has 0 aliphatic rings. The number of hydrogen-bond acceptors (Lipinski definition) is 2. The SMILES string of the molecule is Nc1cccc(Br)c1COCCc1ccccc1. The molecule has 0 spiro atoms. The molecule has 0 bridgehead atoms. The number of ether oxygens (including phenoxy) is 1. The monoisotopic (exact) mass is 305 g/mol. The zero-order valence-corrected chi connectivity index (χ0v) is 11.7. The van der Waals surface area contributed by atoms with Gasteiger partial charge in [0.15, 0.2) is 0 Å². The molecule has 0 saturated heterocycles. The Balaban J connectivity index is 1.82. The highest BCUT2D eigenvalue weighted by Crippen LogP contribution is 2.23. The van der Waals surface area contributed by atoms with Crippen molar-refractivity contribution in [1.82, 2.24) is 0 Å². The van der Waals surface area contributed by atoms with E-state index in [1.54, 1.807) is 0 Å². The fraction of sp³-hybridized carbons (Fsp3) is 0.200. The quantitative estimate of drug-likeness (QED) is 0.674. The number of hydrogen-bond donors (Lipinski definition) is 1. The minimum Gasteiger partial charge on any atom is -0.398 e. The molecule has 0 atom stereocenters. The van der Waals surface area contributed by atoms with Crippen LogP contribution in [0.25, 0.3) is 0 Å². The topological polar surface area (TPSA) is 35.2 Å². The number of nitrogens with two attached hydrogens (primary N) is 1. The van der Waals surface area contributed by atoms with Crippen molar-refractivity contribution in [3.05, 3.63) is 64.1 Å². The Hall–Kier alpha value is -1.32. The van der Waals surface area contributed by atoms with Crippen LogP contribution in [0.2, 0.25) is 0 Å². The summed E-state index contributed by atoms with van der Waals surface area (Å²) in [7, 11) is 0. The van der Waals surface area contributed by atoms with E-state index in [9.17, 15) is 0 Å². The van der Waals surface area contributed by atoms with Gasteiger partial charge < -0.3 is 10.5 Å². The van der Waals surface area contributed by atoms with Gasteiger partial charge in [0.05, 0.1) is 13.2 Å². The van der Waals surface area contributed by atoms with Crippen LogP contribution < -0.4 is 5.73 Å². The van der Waals surface area contributed by atoms with Crippen molar-refractivity contribution in [2.45, 2.75) is 13.0 Å². The predicted molar refractivity (Wildman–Crippen MR) is 78.4 cm³/mol. The van der Waals surface area contributed by atoms with Crippen LogP contribution in [0, 0.1) is 0 Å². The average Bonchev–Trinajstić information content (AvgIpc) is 2.38. The summed E-state index contributed by atoms with van der Waals surface area (Å²) >= 11 is 3.48. The molecule has 0 saturated carbocycles. The van der Waals surface area contributed by atoms with Gasteiger partial charge in [-0.3, -0.25) is 0 Å². The molecule has 0 aliphatic heterocycles. The van der Waals surface area contributed by atoms with E-state index < -0.39 is 0 Å². The van der Waals surface area contributed by atoms with E-state index in [0.29, 0.717) is 13.2 Å². The molecule has 3 heteroatoms. The number of rotatable bonds is 5. The van der Waals surface area contributed by atoms with Crippen LogP contribution in [0.1, 0.15) is 11.1 Å². The summed E-state index contributed by atoms with van der Waals surface area (Å²) in [5.41, 5.74) is 8.98. The Labute approximate surface area is 116 Å². The lowest BCUT2D eigenvalue weighted by molar-refractivity contribution is 0.124. The van der Waals surface area contributed by atoms with E-state index in [1.165, 1.54) is 5.56 Å². The summed E-state index contributed by atoms with van der Waals surface area (Å²) in [6, 6.07) is 16.1. The van der Waals surface area contributed by atoms with E-state index in [4.69, 9.17) is 10.5 Å². The zero-order chi connectivity index (χ0) is 12.8. The standard InChI is InChI=1S/C15H16BrNO/c16-14-7-4-8-15(17)13(14)11-18-10-9-12-5-2-1-3-6-12/h1-8H,9-11,17H2. The maximum atomic E-state index is 5.90. The van der Waals surface area contributed by atoms with Crippen molar-refractivity contribution < 1.29 is 4.74 Å². The molecule has 2 aromatic carbocycles. The second-order valence-electron chi connectivity index (χ2n) is 4.10. The van der Waals surface area contributed by atoms with E-state index in [1.807, 2.05) is 36.4 Å². The van der Waals surface area contributed by atoms with Gasteiger partial charge >= 0.3 is 0 Å². The Bertz CT molecular complexity index is 479. The van der Waals surface area contributed by atoms with Gasteiger partial charge in [0.2, 0.25) is 0 Å². The second-order valence-corrected chi connectivity index (χ2v) is 4.95. The van der Waals surface area contributed by atoms with Gasteiger partial charge in [-0.1, -0.05) is 52.3 Å². The molecule has 0 fully saturated rings. The van der Waals surface area contributed by atoms with Gasteiger partial charge in [0.25, 0.3) is 0 Å². The molecule has 0 amide bonds.